The number of aliphatic hydroxyl groups excluding tert-OH is 1. The number of carbonyl (C=O) groups is 2. The van der Waals surface area contributed by atoms with Crippen LogP contribution in [-0.4, -0.2) is 55.3 Å². The highest BCUT2D eigenvalue weighted by Crippen LogP contribution is 2.29. The third-order valence-corrected chi connectivity index (χ3v) is 7.31. The average Bonchev–Trinajstić information content (AvgIpc) is 3.55. The summed E-state index contributed by atoms with van der Waals surface area (Å²) >= 11 is 1.60. The lowest BCUT2D eigenvalue weighted by Crippen LogP contribution is -2.49. The molecule has 0 aliphatic carbocycles. The maximum atomic E-state index is 13.4. The van der Waals surface area contributed by atoms with Crippen molar-refractivity contribution in [2.75, 3.05) is 6.54 Å². The summed E-state index contributed by atoms with van der Waals surface area (Å²) in [5.41, 5.74) is 4.89. The molecule has 1 saturated heterocycles. The molecule has 1 aliphatic rings. The Kier molecular flexibility index (Phi) is 7.13. The van der Waals surface area contributed by atoms with Gasteiger partial charge in [-0.1, -0.05) is 38.1 Å². The van der Waals surface area contributed by atoms with Gasteiger partial charge in [0.05, 0.1) is 28.2 Å². The number of aliphatic hydroxyl groups is 1. The van der Waals surface area contributed by atoms with Gasteiger partial charge >= 0.3 is 0 Å². The van der Waals surface area contributed by atoms with Crippen molar-refractivity contribution in [3.8, 4) is 10.4 Å². The van der Waals surface area contributed by atoms with Crippen molar-refractivity contribution < 1.29 is 14.7 Å². The van der Waals surface area contributed by atoms with Gasteiger partial charge in [-0.3, -0.25) is 14.3 Å². The molecule has 4 atom stereocenters. The van der Waals surface area contributed by atoms with Gasteiger partial charge in [-0.05, 0) is 37.0 Å². The van der Waals surface area contributed by atoms with E-state index in [1.54, 1.807) is 34.5 Å². The van der Waals surface area contributed by atoms with E-state index in [2.05, 4.69) is 15.4 Å². The van der Waals surface area contributed by atoms with E-state index in [1.807, 2.05) is 57.5 Å². The number of aromatic nitrogens is 3. The van der Waals surface area contributed by atoms with Gasteiger partial charge in [-0.15, -0.1) is 11.3 Å². The van der Waals surface area contributed by atoms with E-state index in [9.17, 15) is 14.7 Å². The minimum atomic E-state index is -0.734. The summed E-state index contributed by atoms with van der Waals surface area (Å²) in [6.07, 6.45) is 2.87. The zero-order chi connectivity index (χ0) is 24.4. The fraction of sp³-hybridized carbons (Fsp3) is 0.440. The molecular weight excluding hydrogens is 450 g/mol. The number of likely N-dealkylation sites (tertiary alicyclic amines) is 1. The Hall–Kier alpha value is -3.04. The van der Waals surface area contributed by atoms with Crippen LogP contribution < -0.4 is 5.32 Å². The molecule has 9 heteroatoms. The fourth-order valence-electron chi connectivity index (χ4n) is 4.52. The van der Waals surface area contributed by atoms with Crippen LogP contribution >= 0.6 is 11.3 Å². The molecule has 3 aromatic rings. The van der Waals surface area contributed by atoms with Crippen molar-refractivity contribution in [2.45, 2.75) is 58.3 Å². The minimum Gasteiger partial charge on any atom is -0.391 e. The lowest BCUT2D eigenvalue weighted by atomic mass is 10.0. The number of nitrogens with zero attached hydrogens (tertiary/aromatic N) is 4. The van der Waals surface area contributed by atoms with E-state index in [0.717, 1.165) is 21.7 Å². The van der Waals surface area contributed by atoms with Crippen molar-refractivity contribution in [3.63, 3.8) is 0 Å². The third-order valence-electron chi connectivity index (χ3n) is 6.34. The Morgan fingerprint density at radius 1 is 1.21 bits per heavy atom. The standard InChI is InChI=1S/C25H31N5O3S/c1-15(2)22(30-11-5-10-27-30)25(33)29-13-20(31)12-21(29)24(32)28-16(3)18-6-8-19(9-7-18)23-17(4)26-14-34-23/h5-11,14-16,20-22,31H,12-13H2,1-4H3,(H,28,32)/t16-,20+,21-,22-/m0/s1. The van der Waals surface area contributed by atoms with Crippen LogP contribution in [0, 0.1) is 12.8 Å². The summed E-state index contributed by atoms with van der Waals surface area (Å²) in [4.78, 5) is 33.6. The number of benzene rings is 1. The summed E-state index contributed by atoms with van der Waals surface area (Å²) < 4.78 is 1.63. The van der Waals surface area contributed by atoms with Crippen molar-refractivity contribution in [1.29, 1.82) is 0 Å². The van der Waals surface area contributed by atoms with E-state index in [-0.39, 0.29) is 36.7 Å². The maximum absolute atomic E-state index is 13.4. The van der Waals surface area contributed by atoms with Crippen LogP contribution in [0.15, 0.2) is 48.2 Å². The molecule has 180 valence electrons. The van der Waals surface area contributed by atoms with Gasteiger partial charge in [-0.25, -0.2) is 4.98 Å². The molecule has 4 rings (SSSR count). The number of β-amino-alcohol motifs (C(OH)–C–C–N with tert-alkyl or cyclic N) is 1. The second-order valence-electron chi connectivity index (χ2n) is 9.19. The Bertz CT molecular complexity index is 1130. The first-order valence-electron chi connectivity index (χ1n) is 11.5. The number of carbonyl (C=O) groups excluding carboxylic acids is 2. The van der Waals surface area contributed by atoms with Gasteiger partial charge in [0.15, 0.2) is 0 Å². The zero-order valence-electron chi connectivity index (χ0n) is 19.9. The molecular formula is C25H31N5O3S. The van der Waals surface area contributed by atoms with Crippen molar-refractivity contribution in [2.24, 2.45) is 5.92 Å². The molecule has 3 heterocycles. The smallest absolute Gasteiger partial charge is 0.248 e. The highest BCUT2D eigenvalue weighted by Gasteiger charge is 2.42. The molecule has 8 nitrogen and oxygen atoms in total. The van der Waals surface area contributed by atoms with E-state index < -0.39 is 18.2 Å². The molecule has 34 heavy (non-hydrogen) atoms. The molecule has 2 aromatic heterocycles. The van der Waals surface area contributed by atoms with Crippen LogP contribution in [0.5, 0.6) is 0 Å². The first kappa shape index (κ1) is 24.1. The van der Waals surface area contributed by atoms with Gasteiger partial charge in [0.1, 0.15) is 12.1 Å². The zero-order valence-corrected chi connectivity index (χ0v) is 20.7. The molecule has 0 radical (unpaired) electrons. The molecule has 0 saturated carbocycles. The van der Waals surface area contributed by atoms with Crippen molar-refractivity contribution >= 4 is 23.2 Å². The quantitative estimate of drug-likeness (QED) is 0.539. The SMILES string of the molecule is Cc1ncsc1-c1ccc([C@H](C)NC(=O)[C@@H]2C[C@@H](O)CN2C(=O)[C@H](C(C)C)n2cccn2)cc1. The number of amides is 2. The summed E-state index contributed by atoms with van der Waals surface area (Å²) in [5.74, 6) is -0.483. The Morgan fingerprint density at radius 3 is 2.53 bits per heavy atom. The van der Waals surface area contributed by atoms with Crippen molar-refractivity contribution in [3.05, 3.63) is 59.5 Å². The summed E-state index contributed by atoms with van der Waals surface area (Å²) in [7, 11) is 0. The maximum Gasteiger partial charge on any atom is 0.248 e. The van der Waals surface area contributed by atoms with Crippen LogP contribution in [0.3, 0.4) is 0 Å². The third kappa shape index (κ3) is 4.90. The molecule has 2 N–H and O–H groups in total. The van der Waals surface area contributed by atoms with E-state index in [0.29, 0.717) is 0 Å². The average molecular weight is 482 g/mol. The first-order chi connectivity index (χ1) is 16.3. The van der Waals surface area contributed by atoms with Gasteiger partial charge in [-0.2, -0.15) is 5.10 Å². The predicted molar refractivity (Wildman–Crippen MR) is 131 cm³/mol. The van der Waals surface area contributed by atoms with Gasteiger partial charge < -0.3 is 15.3 Å². The largest absolute Gasteiger partial charge is 0.391 e. The summed E-state index contributed by atoms with van der Waals surface area (Å²) in [6, 6.07) is 8.34. The number of rotatable bonds is 7. The van der Waals surface area contributed by atoms with Crippen LogP contribution in [0.4, 0.5) is 0 Å². The number of hydrogen-bond donors (Lipinski definition) is 2. The number of aryl methyl sites for hydroxylation is 1. The van der Waals surface area contributed by atoms with E-state index >= 15 is 0 Å². The number of thiazole rings is 1. The predicted octanol–water partition coefficient (Wildman–Crippen LogP) is 3.35. The fourth-order valence-corrected chi connectivity index (χ4v) is 5.33. The molecule has 0 spiro atoms. The Labute approximate surface area is 203 Å². The Balaban J connectivity index is 1.47. The van der Waals surface area contributed by atoms with E-state index in [4.69, 9.17) is 0 Å². The molecule has 0 unspecified atom stereocenters. The van der Waals surface area contributed by atoms with Crippen LogP contribution in [0.25, 0.3) is 10.4 Å². The van der Waals surface area contributed by atoms with Crippen molar-refractivity contribution in [1.82, 2.24) is 25.0 Å². The van der Waals surface area contributed by atoms with Crippen LogP contribution in [0.1, 0.15) is 50.5 Å². The summed E-state index contributed by atoms with van der Waals surface area (Å²) in [6.45, 7) is 7.94. The van der Waals surface area contributed by atoms with E-state index in [1.165, 1.54) is 4.90 Å². The van der Waals surface area contributed by atoms with Gasteiger partial charge in [0.25, 0.3) is 0 Å². The highest BCUT2D eigenvalue weighted by molar-refractivity contribution is 7.13. The van der Waals surface area contributed by atoms with Crippen LogP contribution in [0.2, 0.25) is 0 Å². The second-order valence-corrected chi connectivity index (χ2v) is 10.0. The molecule has 1 fully saturated rings. The van der Waals surface area contributed by atoms with Gasteiger partial charge in [0, 0.05) is 25.4 Å². The van der Waals surface area contributed by atoms with Crippen LogP contribution in [-0.2, 0) is 9.59 Å². The monoisotopic (exact) mass is 481 g/mol. The molecule has 1 aromatic carbocycles. The normalized spacial score (nSPS) is 19.9. The minimum absolute atomic E-state index is 0.0199. The second kappa shape index (κ2) is 10.1. The topological polar surface area (TPSA) is 100 Å². The number of nitrogens with one attached hydrogen (secondary N) is 1. The molecule has 2 amide bonds. The molecule has 1 aliphatic heterocycles. The Morgan fingerprint density at radius 2 is 1.94 bits per heavy atom. The first-order valence-corrected chi connectivity index (χ1v) is 12.4. The lowest BCUT2D eigenvalue weighted by molar-refractivity contribution is -0.142. The number of hydrogen-bond acceptors (Lipinski definition) is 6. The highest BCUT2D eigenvalue weighted by atomic mass is 32.1. The summed E-state index contributed by atoms with van der Waals surface area (Å²) in [5, 5.41) is 17.6. The van der Waals surface area contributed by atoms with Gasteiger partial charge in [0.2, 0.25) is 11.8 Å². The lowest BCUT2D eigenvalue weighted by Gasteiger charge is -2.30. The molecule has 0 bridgehead atoms.